The van der Waals surface area contributed by atoms with Gasteiger partial charge < -0.3 is 0 Å². The van der Waals surface area contributed by atoms with Gasteiger partial charge in [0.25, 0.3) is 0 Å². The second-order valence-corrected chi connectivity index (χ2v) is 4.48. The van der Waals surface area contributed by atoms with E-state index in [1.54, 1.807) is 6.92 Å². The Kier molecular flexibility index (Phi) is 11.5. The van der Waals surface area contributed by atoms with Crippen LogP contribution >= 0.6 is 0 Å². The van der Waals surface area contributed by atoms with Crippen LogP contribution in [0.25, 0.3) is 0 Å². The van der Waals surface area contributed by atoms with Gasteiger partial charge in [-0.3, -0.25) is 9.69 Å². The SMILES string of the molecule is CC.CC(=O)C1CCCN1C.CC(C)C. The van der Waals surface area contributed by atoms with Crippen LogP contribution in [0.15, 0.2) is 0 Å². The van der Waals surface area contributed by atoms with Crippen LogP contribution in [0, 0.1) is 5.92 Å². The molecule has 0 aromatic heterocycles. The van der Waals surface area contributed by atoms with Crippen molar-refractivity contribution in [3.63, 3.8) is 0 Å². The van der Waals surface area contributed by atoms with E-state index in [2.05, 4.69) is 25.7 Å². The van der Waals surface area contributed by atoms with Crippen molar-refractivity contribution < 1.29 is 4.79 Å². The molecule has 1 saturated heterocycles. The summed E-state index contributed by atoms with van der Waals surface area (Å²) in [4.78, 5) is 12.9. The number of Topliss-reactive ketones (excluding diaryl/α,β-unsaturated/α-hetero) is 1. The first-order chi connectivity index (χ1) is 6.95. The zero-order chi connectivity index (χ0) is 12.4. The van der Waals surface area contributed by atoms with Crippen LogP contribution in [0.3, 0.4) is 0 Å². The summed E-state index contributed by atoms with van der Waals surface area (Å²) in [7, 11) is 2.01. The molecule has 0 saturated carbocycles. The molecule has 0 aliphatic carbocycles. The number of ketones is 1. The molecule has 0 N–H and O–H groups in total. The number of rotatable bonds is 1. The standard InChI is InChI=1S/C7H13NO.C4H10.C2H6/c1-6(9)7-4-3-5-8(7)2;1-4(2)3;1-2/h7H,3-5H2,1-2H3;4H,1-3H3;1-2H3. The van der Waals surface area contributed by atoms with Crippen LogP contribution in [-0.4, -0.2) is 30.3 Å². The van der Waals surface area contributed by atoms with Gasteiger partial charge in [0.05, 0.1) is 6.04 Å². The Hall–Kier alpha value is -0.370. The largest absolute Gasteiger partial charge is 0.298 e. The molecule has 0 aromatic carbocycles. The van der Waals surface area contributed by atoms with Gasteiger partial charge in [0.2, 0.25) is 0 Å². The smallest absolute Gasteiger partial charge is 0.146 e. The zero-order valence-corrected chi connectivity index (χ0v) is 11.6. The van der Waals surface area contributed by atoms with Crippen LogP contribution in [0.5, 0.6) is 0 Å². The highest BCUT2D eigenvalue weighted by atomic mass is 16.1. The van der Waals surface area contributed by atoms with E-state index in [4.69, 9.17) is 0 Å². The first kappa shape index (κ1) is 17.0. The molecule has 0 spiro atoms. The zero-order valence-electron chi connectivity index (χ0n) is 11.6. The molecule has 1 aliphatic heterocycles. The molecule has 0 aromatic rings. The summed E-state index contributed by atoms with van der Waals surface area (Å²) >= 11 is 0. The van der Waals surface area contributed by atoms with Gasteiger partial charge >= 0.3 is 0 Å². The lowest BCUT2D eigenvalue weighted by molar-refractivity contribution is -0.120. The second kappa shape index (κ2) is 10.2. The predicted octanol–water partition coefficient (Wildman–Crippen LogP) is 3.36. The molecule has 1 aliphatic rings. The van der Waals surface area contributed by atoms with Crippen LogP contribution in [0.1, 0.15) is 54.4 Å². The van der Waals surface area contributed by atoms with Gasteiger partial charge in [-0.2, -0.15) is 0 Å². The van der Waals surface area contributed by atoms with E-state index in [-0.39, 0.29) is 6.04 Å². The molecule has 2 nitrogen and oxygen atoms in total. The van der Waals surface area contributed by atoms with Gasteiger partial charge in [-0.15, -0.1) is 0 Å². The highest BCUT2D eigenvalue weighted by molar-refractivity contribution is 5.81. The van der Waals surface area contributed by atoms with Gasteiger partial charge in [0, 0.05) is 0 Å². The fourth-order valence-corrected chi connectivity index (χ4v) is 1.42. The first-order valence-corrected chi connectivity index (χ1v) is 6.15. The van der Waals surface area contributed by atoms with Crippen molar-refractivity contribution >= 4 is 5.78 Å². The van der Waals surface area contributed by atoms with Crippen molar-refractivity contribution in [1.82, 2.24) is 4.90 Å². The average molecular weight is 215 g/mol. The Morgan fingerprint density at radius 2 is 1.67 bits per heavy atom. The van der Waals surface area contributed by atoms with E-state index >= 15 is 0 Å². The molecule has 92 valence electrons. The minimum atomic E-state index is 0.227. The van der Waals surface area contributed by atoms with E-state index in [9.17, 15) is 4.79 Å². The molecule has 1 fully saturated rings. The van der Waals surface area contributed by atoms with Gasteiger partial charge in [0.15, 0.2) is 0 Å². The van der Waals surface area contributed by atoms with Crippen molar-refractivity contribution in [1.29, 1.82) is 0 Å². The number of nitrogens with zero attached hydrogens (tertiary/aromatic N) is 1. The van der Waals surface area contributed by atoms with Crippen molar-refractivity contribution in [3.8, 4) is 0 Å². The third-order valence-electron chi connectivity index (χ3n) is 1.99. The summed E-state index contributed by atoms with van der Waals surface area (Å²) in [5.74, 6) is 1.15. The Balaban J connectivity index is 0. The van der Waals surface area contributed by atoms with Gasteiger partial charge in [0.1, 0.15) is 5.78 Å². The molecule has 0 amide bonds. The maximum atomic E-state index is 10.8. The molecule has 15 heavy (non-hydrogen) atoms. The van der Waals surface area contributed by atoms with E-state index in [0.717, 1.165) is 18.9 Å². The van der Waals surface area contributed by atoms with Crippen molar-refractivity contribution in [2.24, 2.45) is 5.92 Å². The fourth-order valence-electron chi connectivity index (χ4n) is 1.42. The third-order valence-corrected chi connectivity index (χ3v) is 1.99. The normalized spacial score (nSPS) is 20.1. The molecule has 1 rings (SSSR count). The first-order valence-electron chi connectivity index (χ1n) is 6.15. The Morgan fingerprint density at radius 3 is 1.80 bits per heavy atom. The highest BCUT2D eigenvalue weighted by Gasteiger charge is 2.23. The Bertz CT molecular complexity index is 152. The predicted molar refractivity (Wildman–Crippen MR) is 68.2 cm³/mol. The number of hydrogen-bond donors (Lipinski definition) is 0. The van der Waals surface area contributed by atoms with Gasteiger partial charge in [-0.25, -0.2) is 0 Å². The summed E-state index contributed by atoms with van der Waals surface area (Å²) in [5, 5.41) is 0. The molecular weight excluding hydrogens is 186 g/mol. The van der Waals surface area contributed by atoms with Crippen molar-refractivity contribution in [3.05, 3.63) is 0 Å². The number of likely N-dealkylation sites (N-methyl/N-ethyl adjacent to an activating group) is 1. The van der Waals surface area contributed by atoms with Crippen molar-refractivity contribution in [2.45, 2.75) is 60.4 Å². The van der Waals surface area contributed by atoms with Crippen LogP contribution in [-0.2, 0) is 4.79 Å². The van der Waals surface area contributed by atoms with E-state index < -0.39 is 0 Å². The Labute approximate surface area is 96.0 Å². The molecule has 0 bridgehead atoms. The summed E-state index contributed by atoms with van der Waals surface area (Å²) in [5.41, 5.74) is 0. The molecule has 0 radical (unpaired) electrons. The van der Waals surface area contributed by atoms with Gasteiger partial charge in [-0.1, -0.05) is 34.6 Å². The molecule has 1 unspecified atom stereocenters. The van der Waals surface area contributed by atoms with Crippen LogP contribution in [0.2, 0.25) is 0 Å². The number of carbonyl (C=O) groups excluding carboxylic acids is 1. The summed E-state index contributed by atoms with van der Waals surface area (Å²) < 4.78 is 0. The Morgan fingerprint density at radius 1 is 1.27 bits per heavy atom. The lowest BCUT2D eigenvalue weighted by atomic mass is 10.1. The maximum absolute atomic E-state index is 10.8. The van der Waals surface area contributed by atoms with Crippen molar-refractivity contribution in [2.75, 3.05) is 13.6 Å². The fraction of sp³-hybridized carbons (Fsp3) is 0.923. The molecular formula is C13H29NO. The minimum absolute atomic E-state index is 0.227. The van der Waals surface area contributed by atoms with Crippen LogP contribution in [0.4, 0.5) is 0 Å². The maximum Gasteiger partial charge on any atom is 0.146 e. The van der Waals surface area contributed by atoms with E-state index in [0.29, 0.717) is 5.78 Å². The lowest BCUT2D eigenvalue weighted by Crippen LogP contribution is -2.30. The quantitative estimate of drug-likeness (QED) is 0.668. The second-order valence-electron chi connectivity index (χ2n) is 4.48. The highest BCUT2D eigenvalue weighted by Crippen LogP contribution is 2.14. The third kappa shape index (κ3) is 9.92. The molecule has 1 atom stereocenters. The number of likely N-dealkylation sites (tertiary alicyclic amines) is 1. The monoisotopic (exact) mass is 215 g/mol. The summed E-state index contributed by atoms with van der Waals surface area (Å²) in [6.07, 6.45) is 2.24. The molecule has 1 heterocycles. The van der Waals surface area contributed by atoms with E-state index in [1.807, 2.05) is 20.9 Å². The van der Waals surface area contributed by atoms with E-state index in [1.165, 1.54) is 6.42 Å². The lowest BCUT2D eigenvalue weighted by Gasteiger charge is -2.14. The summed E-state index contributed by atoms with van der Waals surface area (Å²) in [6.45, 7) is 13.3. The number of hydrogen-bond acceptors (Lipinski definition) is 2. The molecule has 2 heteroatoms. The topological polar surface area (TPSA) is 20.3 Å². The van der Waals surface area contributed by atoms with Gasteiger partial charge in [-0.05, 0) is 39.3 Å². The number of carbonyl (C=O) groups is 1. The minimum Gasteiger partial charge on any atom is -0.298 e. The van der Waals surface area contributed by atoms with Crippen LogP contribution < -0.4 is 0 Å². The average Bonchev–Trinajstić information content (AvgIpc) is 2.54. The summed E-state index contributed by atoms with van der Waals surface area (Å²) in [6, 6.07) is 0.227.